The molecule has 0 radical (unpaired) electrons. The van der Waals surface area contributed by atoms with Crippen LogP contribution in [-0.2, 0) is 0 Å². The Hall–Kier alpha value is -0.0800. The minimum absolute atomic E-state index is 0.556. The Morgan fingerprint density at radius 3 is 2.19 bits per heavy atom. The maximum Gasteiger partial charge on any atom is 0.0238 e. The van der Waals surface area contributed by atoms with Gasteiger partial charge in [0.2, 0.25) is 0 Å². The second-order valence-corrected chi connectivity index (χ2v) is 5.93. The van der Waals surface area contributed by atoms with Crippen molar-refractivity contribution in [3.05, 3.63) is 0 Å². The van der Waals surface area contributed by atoms with Gasteiger partial charge in [0, 0.05) is 6.04 Å². The average molecular weight is 226 g/mol. The molecular weight excluding hydrogens is 196 g/mol. The number of rotatable bonds is 6. The van der Waals surface area contributed by atoms with Crippen molar-refractivity contribution in [2.75, 3.05) is 0 Å². The summed E-state index contributed by atoms with van der Waals surface area (Å²) >= 11 is 0. The van der Waals surface area contributed by atoms with Crippen LogP contribution in [0.4, 0.5) is 0 Å². The van der Waals surface area contributed by atoms with Crippen LogP contribution in [0.25, 0.3) is 0 Å². The Balaban J connectivity index is 2.31. The molecule has 0 heterocycles. The molecular formula is C14H30N2. The minimum atomic E-state index is 0.556. The van der Waals surface area contributed by atoms with E-state index in [0.29, 0.717) is 6.04 Å². The Morgan fingerprint density at radius 2 is 1.75 bits per heavy atom. The molecule has 3 N–H and O–H groups in total. The molecule has 2 heteroatoms. The predicted molar refractivity (Wildman–Crippen MR) is 70.9 cm³/mol. The second kappa shape index (κ2) is 7.29. The number of nitrogens with two attached hydrogens (primary N) is 1. The van der Waals surface area contributed by atoms with Gasteiger partial charge >= 0.3 is 0 Å². The summed E-state index contributed by atoms with van der Waals surface area (Å²) in [4.78, 5) is 0. The van der Waals surface area contributed by atoms with E-state index in [4.69, 9.17) is 5.84 Å². The van der Waals surface area contributed by atoms with E-state index in [9.17, 15) is 0 Å². The number of hydrogen-bond acceptors (Lipinski definition) is 2. The third kappa shape index (κ3) is 4.42. The van der Waals surface area contributed by atoms with Crippen LogP contribution in [0.2, 0.25) is 0 Å². The van der Waals surface area contributed by atoms with Gasteiger partial charge in [0.25, 0.3) is 0 Å². The van der Waals surface area contributed by atoms with E-state index < -0.39 is 0 Å². The van der Waals surface area contributed by atoms with Crippen molar-refractivity contribution < 1.29 is 0 Å². The molecule has 1 aliphatic carbocycles. The first-order valence-corrected chi connectivity index (χ1v) is 7.13. The summed E-state index contributed by atoms with van der Waals surface area (Å²) in [6.07, 6.45) is 9.50. The highest BCUT2D eigenvalue weighted by Gasteiger charge is 2.26. The van der Waals surface area contributed by atoms with E-state index in [1.807, 2.05) is 0 Å². The Bertz CT molecular complexity index is 172. The zero-order valence-electron chi connectivity index (χ0n) is 11.3. The fourth-order valence-corrected chi connectivity index (χ4v) is 2.97. The molecule has 1 aliphatic rings. The molecule has 96 valence electrons. The maximum absolute atomic E-state index is 5.71. The van der Waals surface area contributed by atoms with Crippen LogP contribution in [-0.4, -0.2) is 6.04 Å². The first-order chi connectivity index (χ1) is 7.67. The fourth-order valence-electron chi connectivity index (χ4n) is 2.97. The van der Waals surface area contributed by atoms with Gasteiger partial charge in [0.15, 0.2) is 0 Å². The van der Waals surface area contributed by atoms with Crippen molar-refractivity contribution in [1.29, 1.82) is 0 Å². The molecule has 0 aliphatic heterocycles. The lowest BCUT2D eigenvalue weighted by atomic mass is 9.76. The lowest BCUT2D eigenvalue weighted by molar-refractivity contribution is 0.206. The van der Waals surface area contributed by atoms with Crippen LogP contribution in [0.5, 0.6) is 0 Å². The van der Waals surface area contributed by atoms with Crippen molar-refractivity contribution in [2.24, 2.45) is 23.6 Å². The summed E-state index contributed by atoms with van der Waals surface area (Å²) in [5.74, 6) is 8.31. The van der Waals surface area contributed by atoms with Gasteiger partial charge in [-0.3, -0.25) is 11.3 Å². The Kier molecular flexibility index (Phi) is 6.37. The van der Waals surface area contributed by atoms with Gasteiger partial charge in [-0.1, -0.05) is 40.0 Å². The normalized spacial score (nSPS) is 28.3. The number of hydrogen-bond donors (Lipinski definition) is 2. The third-order valence-electron chi connectivity index (χ3n) is 4.31. The molecule has 1 saturated carbocycles. The monoisotopic (exact) mass is 226 g/mol. The fraction of sp³-hybridized carbons (Fsp3) is 1.00. The van der Waals surface area contributed by atoms with E-state index >= 15 is 0 Å². The molecule has 2 nitrogen and oxygen atoms in total. The summed E-state index contributed by atoms with van der Waals surface area (Å²) in [7, 11) is 0. The van der Waals surface area contributed by atoms with Gasteiger partial charge in [0.05, 0.1) is 0 Å². The van der Waals surface area contributed by atoms with Crippen LogP contribution < -0.4 is 11.3 Å². The molecule has 1 fully saturated rings. The van der Waals surface area contributed by atoms with E-state index in [1.165, 1.54) is 44.9 Å². The smallest absolute Gasteiger partial charge is 0.0238 e. The van der Waals surface area contributed by atoms with E-state index in [0.717, 1.165) is 17.8 Å². The first-order valence-electron chi connectivity index (χ1n) is 7.13. The van der Waals surface area contributed by atoms with Gasteiger partial charge in [-0.15, -0.1) is 0 Å². The van der Waals surface area contributed by atoms with Gasteiger partial charge in [0.1, 0.15) is 0 Å². The van der Waals surface area contributed by atoms with Crippen molar-refractivity contribution >= 4 is 0 Å². The highest BCUT2D eigenvalue weighted by Crippen LogP contribution is 2.33. The maximum atomic E-state index is 5.71. The van der Waals surface area contributed by atoms with Crippen molar-refractivity contribution in [3.8, 4) is 0 Å². The van der Waals surface area contributed by atoms with Gasteiger partial charge in [-0.2, -0.15) is 0 Å². The molecule has 0 spiro atoms. The number of hydrazine groups is 1. The van der Waals surface area contributed by atoms with Crippen LogP contribution in [0.15, 0.2) is 0 Å². The van der Waals surface area contributed by atoms with Gasteiger partial charge < -0.3 is 0 Å². The largest absolute Gasteiger partial charge is 0.271 e. The molecule has 0 aromatic heterocycles. The Labute approximate surface area is 101 Å². The van der Waals surface area contributed by atoms with E-state index in [1.54, 1.807) is 0 Å². The highest BCUT2D eigenvalue weighted by atomic mass is 15.2. The van der Waals surface area contributed by atoms with Crippen molar-refractivity contribution in [2.45, 2.75) is 71.8 Å². The summed E-state index contributed by atoms with van der Waals surface area (Å²) < 4.78 is 0. The summed E-state index contributed by atoms with van der Waals surface area (Å²) in [6.45, 7) is 6.91. The summed E-state index contributed by atoms with van der Waals surface area (Å²) in [6, 6.07) is 0.556. The lowest BCUT2D eigenvalue weighted by Crippen LogP contribution is -2.42. The molecule has 1 rings (SSSR count). The zero-order chi connectivity index (χ0) is 12.0. The average Bonchev–Trinajstić information content (AvgIpc) is 2.30. The molecule has 1 atom stereocenters. The quantitative estimate of drug-likeness (QED) is 0.537. The van der Waals surface area contributed by atoms with Gasteiger partial charge in [-0.05, 0) is 43.4 Å². The van der Waals surface area contributed by atoms with Crippen molar-refractivity contribution in [3.63, 3.8) is 0 Å². The summed E-state index contributed by atoms with van der Waals surface area (Å²) in [5.41, 5.74) is 3.06. The number of nitrogens with one attached hydrogen (secondary N) is 1. The van der Waals surface area contributed by atoms with E-state index in [2.05, 4.69) is 26.2 Å². The SMILES string of the molecule is CCC1CCC(C(CCC(C)C)NN)CC1. The van der Waals surface area contributed by atoms with Crippen LogP contribution in [0.3, 0.4) is 0 Å². The molecule has 0 saturated heterocycles. The molecule has 0 aromatic carbocycles. The Morgan fingerprint density at radius 1 is 1.12 bits per heavy atom. The molecule has 16 heavy (non-hydrogen) atoms. The third-order valence-corrected chi connectivity index (χ3v) is 4.31. The first kappa shape index (κ1) is 14.0. The molecule has 0 bridgehead atoms. The van der Waals surface area contributed by atoms with Crippen LogP contribution in [0.1, 0.15) is 65.7 Å². The topological polar surface area (TPSA) is 38.0 Å². The van der Waals surface area contributed by atoms with E-state index in [-0.39, 0.29) is 0 Å². The zero-order valence-corrected chi connectivity index (χ0v) is 11.3. The highest BCUT2D eigenvalue weighted by molar-refractivity contribution is 4.80. The van der Waals surface area contributed by atoms with Crippen molar-refractivity contribution in [1.82, 2.24) is 5.43 Å². The van der Waals surface area contributed by atoms with Crippen LogP contribution >= 0.6 is 0 Å². The molecule has 1 unspecified atom stereocenters. The minimum Gasteiger partial charge on any atom is -0.271 e. The standard InChI is InChI=1S/C14H30N2/c1-4-12-6-8-13(9-7-12)14(16-15)10-5-11(2)3/h11-14,16H,4-10,15H2,1-3H3. The molecule has 0 aromatic rings. The molecule has 0 amide bonds. The lowest BCUT2D eigenvalue weighted by Gasteiger charge is -2.33. The van der Waals surface area contributed by atoms with Gasteiger partial charge in [-0.25, -0.2) is 0 Å². The van der Waals surface area contributed by atoms with Crippen LogP contribution in [0, 0.1) is 17.8 Å². The summed E-state index contributed by atoms with van der Waals surface area (Å²) in [5, 5.41) is 0. The second-order valence-electron chi connectivity index (χ2n) is 5.93. The predicted octanol–water partition coefficient (Wildman–Crippen LogP) is 3.47.